The van der Waals surface area contributed by atoms with E-state index in [9.17, 15) is 4.79 Å². The van der Waals surface area contributed by atoms with E-state index >= 15 is 0 Å². The van der Waals surface area contributed by atoms with Crippen LogP contribution in [0.15, 0.2) is 29.6 Å². The number of carbonyl (C=O) groups is 1. The third-order valence-electron chi connectivity index (χ3n) is 5.06. The Morgan fingerprint density at radius 1 is 1.36 bits per heavy atom. The molecule has 148 valence electrons. The lowest BCUT2D eigenvalue weighted by atomic mass is 9.99. The molecule has 0 saturated carbocycles. The zero-order valence-electron chi connectivity index (χ0n) is 15.6. The number of thioether (sulfide) groups is 1. The molecule has 3 heterocycles. The van der Waals surface area contributed by atoms with Crippen molar-refractivity contribution < 1.29 is 14.3 Å². The highest BCUT2D eigenvalue weighted by atomic mass is 35.5. The molecule has 28 heavy (non-hydrogen) atoms. The third-order valence-corrected chi connectivity index (χ3v) is 5.90. The summed E-state index contributed by atoms with van der Waals surface area (Å²) in [6, 6.07) is 5.81. The van der Waals surface area contributed by atoms with E-state index in [0.29, 0.717) is 37.0 Å². The summed E-state index contributed by atoms with van der Waals surface area (Å²) < 4.78 is 11.3. The molecule has 0 aliphatic carbocycles. The minimum absolute atomic E-state index is 0.0381. The van der Waals surface area contributed by atoms with Crippen molar-refractivity contribution in [2.24, 2.45) is 5.92 Å². The van der Waals surface area contributed by atoms with Gasteiger partial charge < -0.3 is 14.8 Å². The lowest BCUT2D eigenvalue weighted by Gasteiger charge is -2.22. The maximum atomic E-state index is 12.3. The molecule has 4 rings (SSSR count). The van der Waals surface area contributed by atoms with Gasteiger partial charge in [-0.15, -0.1) is 0 Å². The number of rotatable bonds is 5. The van der Waals surface area contributed by atoms with Crippen LogP contribution in [-0.4, -0.2) is 48.0 Å². The van der Waals surface area contributed by atoms with Crippen LogP contribution in [0.5, 0.6) is 5.75 Å². The van der Waals surface area contributed by atoms with Crippen LogP contribution in [0.25, 0.3) is 11.3 Å². The van der Waals surface area contributed by atoms with E-state index < -0.39 is 0 Å². The fraction of sp³-hybridized carbons (Fsp3) is 0.450. The number of benzene rings is 1. The van der Waals surface area contributed by atoms with Gasteiger partial charge in [-0.1, -0.05) is 23.4 Å². The first-order valence-electron chi connectivity index (χ1n) is 9.36. The van der Waals surface area contributed by atoms with Crippen molar-refractivity contribution in [2.45, 2.75) is 30.5 Å². The molecule has 1 atom stereocenters. The Balaban J connectivity index is 1.43. The number of nitrogens with zero attached hydrogens (tertiary/aromatic N) is 2. The SMILES string of the molecule is CSc1nccc(-c2cc(Cl)c3c(c2)C[C@H](CNC(=O)C2CCOCC2)O3)n1. The van der Waals surface area contributed by atoms with Gasteiger partial charge in [0, 0.05) is 42.9 Å². The molecule has 0 spiro atoms. The molecule has 6 nitrogen and oxygen atoms in total. The van der Waals surface area contributed by atoms with Crippen molar-refractivity contribution in [1.29, 1.82) is 0 Å². The molecule has 2 aliphatic heterocycles. The van der Waals surface area contributed by atoms with Gasteiger partial charge in [-0.3, -0.25) is 4.79 Å². The van der Waals surface area contributed by atoms with Crippen LogP contribution >= 0.6 is 23.4 Å². The number of halogens is 1. The standard InChI is InChI=1S/C20H22ClN3O3S/c1-28-20-22-5-2-17(24-20)13-8-14-9-15(27-18(14)16(21)10-13)11-23-19(25)12-3-6-26-7-4-12/h2,5,8,10,12,15H,3-4,6-7,9,11H2,1H3,(H,23,25)/t15-/m1/s1. The second-order valence-electron chi connectivity index (χ2n) is 6.95. The van der Waals surface area contributed by atoms with E-state index in [4.69, 9.17) is 21.1 Å². The number of carbonyl (C=O) groups excluding carboxylic acids is 1. The predicted molar refractivity (Wildman–Crippen MR) is 109 cm³/mol. The van der Waals surface area contributed by atoms with Gasteiger partial charge in [0.15, 0.2) is 5.16 Å². The number of nitrogens with one attached hydrogen (secondary N) is 1. The van der Waals surface area contributed by atoms with Crippen LogP contribution in [0.1, 0.15) is 18.4 Å². The van der Waals surface area contributed by atoms with Crippen molar-refractivity contribution in [2.75, 3.05) is 26.0 Å². The molecule has 1 N–H and O–H groups in total. The van der Waals surface area contributed by atoms with Crippen LogP contribution < -0.4 is 10.1 Å². The molecular weight excluding hydrogens is 398 g/mol. The smallest absolute Gasteiger partial charge is 0.223 e. The number of amides is 1. The van der Waals surface area contributed by atoms with Crippen LogP contribution in [0.2, 0.25) is 5.02 Å². The lowest BCUT2D eigenvalue weighted by Crippen LogP contribution is -2.39. The highest BCUT2D eigenvalue weighted by Gasteiger charge is 2.28. The molecule has 8 heteroatoms. The first kappa shape index (κ1) is 19.5. The van der Waals surface area contributed by atoms with Crippen LogP contribution in [0, 0.1) is 5.92 Å². The first-order chi connectivity index (χ1) is 13.6. The molecule has 2 aromatic rings. The Kier molecular flexibility index (Phi) is 6.04. The molecule has 0 unspecified atom stereocenters. The van der Waals surface area contributed by atoms with Gasteiger partial charge in [-0.2, -0.15) is 0 Å². The Hall–Kier alpha value is -1.83. The van der Waals surface area contributed by atoms with Gasteiger partial charge in [0.2, 0.25) is 5.91 Å². The van der Waals surface area contributed by atoms with Crippen molar-refractivity contribution in [1.82, 2.24) is 15.3 Å². The molecule has 2 aliphatic rings. The number of fused-ring (bicyclic) bond motifs is 1. The van der Waals surface area contributed by atoms with Gasteiger partial charge in [0.1, 0.15) is 11.9 Å². The molecule has 1 aromatic heterocycles. The molecule has 1 fully saturated rings. The molecule has 1 aromatic carbocycles. The summed E-state index contributed by atoms with van der Waals surface area (Å²) in [7, 11) is 0. The van der Waals surface area contributed by atoms with E-state index in [-0.39, 0.29) is 17.9 Å². The highest BCUT2D eigenvalue weighted by molar-refractivity contribution is 7.98. The summed E-state index contributed by atoms with van der Waals surface area (Å²) in [5.74, 6) is 0.825. The van der Waals surface area contributed by atoms with Gasteiger partial charge in [0.25, 0.3) is 0 Å². The number of aromatic nitrogens is 2. The Labute approximate surface area is 173 Å². The summed E-state index contributed by atoms with van der Waals surface area (Å²) in [5.41, 5.74) is 2.81. The second kappa shape index (κ2) is 8.68. The highest BCUT2D eigenvalue weighted by Crippen LogP contribution is 2.39. The average Bonchev–Trinajstić information content (AvgIpc) is 3.16. The minimum atomic E-state index is -0.112. The summed E-state index contributed by atoms with van der Waals surface area (Å²) >= 11 is 7.97. The number of hydrogen-bond acceptors (Lipinski definition) is 6. The fourth-order valence-electron chi connectivity index (χ4n) is 3.57. The zero-order valence-corrected chi connectivity index (χ0v) is 17.2. The fourth-order valence-corrected chi connectivity index (χ4v) is 4.21. The van der Waals surface area contributed by atoms with Crippen molar-refractivity contribution in [3.8, 4) is 17.0 Å². The van der Waals surface area contributed by atoms with E-state index in [0.717, 1.165) is 34.8 Å². The van der Waals surface area contributed by atoms with Gasteiger partial charge in [-0.25, -0.2) is 9.97 Å². The zero-order chi connectivity index (χ0) is 19.5. The van der Waals surface area contributed by atoms with E-state index in [1.165, 1.54) is 11.8 Å². The third kappa shape index (κ3) is 4.26. The Morgan fingerprint density at radius 3 is 2.96 bits per heavy atom. The van der Waals surface area contributed by atoms with Gasteiger partial charge >= 0.3 is 0 Å². The summed E-state index contributed by atoms with van der Waals surface area (Å²) in [6.07, 6.45) is 5.85. The topological polar surface area (TPSA) is 73.3 Å². The van der Waals surface area contributed by atoms with Crippen LogP contribution in [0.4, 0.5) is 0 Å². The maximum Gasteiger partial charge on any atom is 0.223 e. The summed E-state index contributed by atoms with van der Waals surface area (Å²) in [4.78, 5) is 21.1. The van der Waals surface area contributed by atoms with Crippen molar-refractivity contribution in [3.63, 3.8) is 0 Å². The number of hydrogen-bond donors (Lipinski definition) is 1. The monoisotopic (exact) mass is 419 g/mol. The predicted octanol–water partition coefficient (Wildman–Crippen LogP) is 3.37. The van der Waals surface area contributed by atoms with Crippen LogP contribution in [-0.2, 0) is 16.0 Å². The van der Waals surface area contributed by atoms with E-state index in [2.05, 4.69) is 21.4 Å². The van der Waals surface area contributed by atoms with E-state index in [1.807, 2.05) is 18.4 Å². The van der Waals surface area contributed by atoms with Crippen molar-refractivity contribution >= 4 is 29.3 Å². The molecule has 0 radical (unpaired) electrons. The Bertz CT molecular complexity index is 874. The second-order valence-corrected chi connectivity index (χ2v) is 8.13. The average molecular weight is 420 g/mol. The van der Waals surface area contributed by atoms with Gasteiger partial charge in [-0.05, 0) is 37.3 Å². The van der Waals surface area contributed by atoms with Gasteiger partial charge in [0.05, 0.1) is 17.3 Å². The normalized spacial score (nSPS) is 19.1. The van der Waals surface area contributed by atoms with E-state index in [1.54, 1.807) is 6.20 Å². The van der Waals surface area contributed by atoms with Crippen LogP contribution in [0.3, 0.4) is 0 Å². The maximum absolute atomic E-state index is 12.3. The largest absolute Gasteiger partial charge is 0.486 e. The Morgan fingerprint density at radius 2 is 2.18 bits per heavy atom. The quantitative estimate of drug-likeness (QED) is 0.591. The molecule has 0 bridgehead atoms. The lowest BCUT2D eigenvalue weighted by molar-refractivity contribution is -0.128. The molecular formula is C20H22ClN3O3S. The molecule has 1 saturated heterocycles. The number of ether oxygens (including phenoxy) is 2. The molecule has 1 amide bonds. The summed E-state index contributed by atoms with van der Waals surface area (Å²) in [6.45, 7) is 1.78. The first-order valence-corrected chi connectivity index (χ1v) is 11.0. The summed E-state index contributed by atoms with van der Waals surface area (Å²) in [5, 5.41) is 4.31. The van der Waals surface area contributed by atoms with Crippen molar-refractivity contribution in [3.05, 3.63) is 35.0 Å². The minimum Gasteiger partial charge on any atom is -0.486 e.